The van der Waals surface area contributed by atoms with E-state index in [1.165, 1.54) is 12.1 Å². The van der Waals surface area contributed by atoms with Crippen molar-refractivity contribution in [1.29, 1.82) is 0 Å². The summed E-state index contributed by atoms with van der Waals surface area (Å²) in [6, 6.07) is 24.0. The number of rotatable bonds is 5. The molecule has 0 aliphatic rings. The predicted molar refractivity (Wildman–Crippen MR) is 143 cm³/mol. The van der Waals surface area contributed by atoms with Gasteiger partial charge >= 0.3 is 0 Å². The second-order valence-electron chi connectivity index (χ2n) is 7.61. The van der Waals surface area contributed by atoms with E-state index in [0.29, 0.717) is 28.3 Å². The van der Waals surface area contributed by atoms with Crippen LogP contribution in [0, 0.1) is 0 Å². The summed E-state index contributed by atoms with van der Waals surface area (Å²) < 4.78 is 29.9. The van der Waals surface area contributed by atoms with E-state index in [2.05, 4.69) is 15.5 Å². The van der Waals surface area contributed by atoms with Crippen LogP contribution in [-0.4, -0.2) is 24.0 Å². The normalized spacial score (nSPS) is 10.9. The van der Waals surface area contributed by atoms with Crippen LogP contribution in [0.5, 0.6) is 5.75 Å². The maximum Gasteiger partial charge on any atom is 0.296 e. The molecular weight excluding hydrogens is 496 g/mol. The number of hydrogen-bond acceptors (Lipinski definition) is 9. The zero-order chi connectivity index (χ0) is 27.0. The van der Waals surface area contributed by atoms with Crippen molar-refractivity contribution in [2.24, 2.45) is 10.2 Å². The Hall–Kier alpha value is -4.94. The largest absolute Gasteiger partial charge is 0.508 e. The van der Waals surface area contributed by atoms with E-state index in [-0.39, 0.29) is 27.9 Å². The molecule has 0 aliphatic heterocycles. The van der Waals surface area contributed by atoms with Crippen molar-refractivity contribution < 1.29 is 22.9 Å². The molecule has 0 saturated carbocycles. The van der Waals surface area contributed by atoms with Gasteiger partial charge in [0.1, 0.15) is 10.6 Å². The molecule has 12 heteroatoms. The fourth-order valence-corrected chi connectivity index (χ4v) is 3.51. The van der Waals surface area contributed by atoms with Gasteiger partial charge in [-0.25, -0.2) is 0 Å². The highest BCUT2D eigenvalue weighted by molar-refractivity contribution is 7.86. The van der Waals surface area contributed by atoms with Crippen LogP contribution in [0.1, 0.15) is 10.4 Å². The third-order valence-electron chi connectivity index (χ3n) is 4.74. The van der Waals surface area contributed by atoms with Gasteiger partial charge in [0.15, 0.2) is 0 Å². The van der Waals surface area contributed by atoms with E-state index in [1.54, 1.807) is 72.8 Å². The summed E-state index contributed by atoms with van der Waals surface area (Å²) in [5, 5.41) is 20.2. The zero-order valence-corrected chi connectivity index (χ0v) is 20.1. The Labute approximate surface area is 213 Å². The first-order valence-corrected chi connectivity index (χ1v) is 12.1. The molecule has 4 aromatic carbocycles. The minimum Gasteiger partial charge on any atom is -0.508 e. The second-order valence-corrected chi connectivity index (χ2v) is 9.00. The Morgan fingerprint density at radius 3 is 1.76 bits per heavy atom. The lowest BCUT2D eigenvalue weighted by molar-refractivity contribution is 0.102. The van der Waals surface area contributed by atoms with Gasteiger partial charge in [-0.3, -0.25) is 9.35 Å². The standard InChI is InChI=1S/C19H16N4O2.C6H8N2O3S/c20-14-3-1-13(2-4-14)19(25)21-15-5-7-16(8-6-15)22-23-17-9-11-18(24)12-10-17;7-4-1-2-5(8)6(3-4)12(9,10)11/h1-12,24H,20H2,(H,21,25);1-3H,7-8H2,(H,9,10,11). The first-order valence-electron chi connectivity index (χ1n) is 10.6. The Balaban J connectivity index is 0.000000266. The number of nitrogens with two attached hydrogens (primary N) is 3. The molecule has 0 saturated heterocycles. The van der Waals surface area contributed by atoms with Crippen molar-refractivity contribution in [3.8, 4) is 5.75 Å². The van der Waals surface area contributed by atoms with Gasteiger partial charge < -0.3 is 27.6 Å². The molecule has 0 unspecified atom stereocenters. The molecule has 190 valence electrons. The third-order valence-corrected chi connectivity index (χ3v) is 5.65. The summed E-state index contributed by atoms with van der Waals surface area (Å²) in [6.07, 6.45) is 0. The molecule has 4 aromatic rings. The number of amides is 1. The average Bonchev–Trinajstić information content (AvgIpc) is 2.86. The number of benzene rings is 4. The second kappa shape index (κ2) is 11.7. The minimum absolute atomic E-state index is 0.0216. The van der Waals surface area contributed by atoms with Gasteiger partial charge in [0.05, 0.1) is 17.1 Å². The van der Waals surface area contributed by atoms with Crippen LogP contribution >= 0.6 is 0 Å². The molecule has 1 amide bonds. The first kappa shape index (κ1) is 26.7. The van der Waals surface area contributed by atoms with Crippen LogP contribution in [0.2, 0.25) is 0 Å². The highest BCUT2D eigenvalue weighted by Gasteiger charge is 2.13. The lowest BCUT2D eigenvalue weighted by Gasteiger charge is -2.05. The summed E-state index contributed by atoms with van der Waals surface area (Å²) >= 11 is 0. The number of hydrogen-bond donors (Lipinski definition) is 6. The molecule has 0 radical (unpaired) electrons. The summed E-state index contributed by atoms with van der Waals surface area (Å²) in [5.41, 5.74) is 19.5. The number of anilines is 4. The number of azo groups is 1. The van der Waals surface area contributed by atoms with Crippen molar-refractivity contribution in [1.82, 2.24) is 0 Å². The van der Waals surface area contributed by atoms with Gasteiger partial charge in [-0.1, -0.05) is 0 Å². The van der Waals surface area contributed by atoms with Gasteiger partial charge in [-0.15, -0.1) is 0 Å². The van der Waals surface area contributed by atoms with Crippen molar-refractivity contribution in [3.05, 3.63) is 96.6 Å². The third kappa shape index (κ3) is 8.06. The molecule has 0 bridgehead atoms. The number of nitrogens with one attached hydrogen (secondary N) is 1. The molecule has 9 N–H and O–H groups in total. The van der Waals surface area contributed by atoms with E-state index in [0.717, 1.165) is 6.07 Å². The SMILES string of the molecule is Nc1ccc(C(=O)Nc2ccc(N=Nc3ccc(O)cc3)cc2)cc1.Nc1ccc(N)c(S(=O)(=O)O)c1. The highest BCUT2D eigenvalue weighted by atomic mass is 32.2. The van der Waals surface area contributed by atoms with Gasteiger partial charge in [0, 0.05) is 22.6 Å². The van der Waals surface area contributed by atoms with Crippen LogP contribution in [0.4, 0.5) is 34.1 Å². The van der Waals surface area contributed by atoms with Gasteiger partial charge in [0.2, 0.25) is 0 Å². The van der Waals surface area contributed by atoms with Crippen LogP contribution in [0.15, 0.2) is 106 Å². The lowest BCUT2D eigenvalue weighted by atomic mass is 10.2. The Morgan fingerprint density at radius 1 is 0.730 bits per heavy atom. The maximum atomic E-state index is 12.1. The predicted octanol–water partition coefficient (Wildman–Crippen LogP) is 4.74. The molecule has 0 aromatic heterocycles. The fourth-order valence-electron chi connectivity index (χ4n) is 2.86. The van der Waals surface area contributed by atoms with Crippen LogP contribution in [0.25, 0.3) is 0 Å². The molecule has 0 spiro atoms. The van der Waals surface area contributed by atoms with Gasteiger partial charge in [-0.05, 0) is 91.0 Å². The van der Waals surface area contributed by atoms with Crippen molar-refractivity contribution >= 4 is 50.1 Å². The number of aromatic hydroxyl groups is 1. The Morgan fingerprint density at radius 2 is 1.24 bits per heavy atom. The average molecular weight is 521 g/mol. The highest BCUT2D eigenvalue weighted by Crippen LogP contribution is 2.22. The summed E-state index contributed by atoms with van der Waals surface area (Å²) in [5.74, 6) is -0.0291. The van der Waals surface area contributed by atoms with Crippen LogP contribution in [-0.2, 0) is 10.1 Å². The Kier molecular flexibility index (Phi) is 8.40. The summed E-state index contributed by atoms with van der Waals surface area (Å²) in [7, 11) is -4.26. The van der Waals surface area contributed by atoms with E-state index < -0.39 is 10.1 Å². The summed E-state index contributed by atoms with van der Waals surface area (Å²) in [6.45, 7) is 0. The number of nitrogen functional groups attached to an aromatic ring is 3. The van der Waals surface area contributed by atoms with E-state index in [4.69, 9.17) is 21.8 Å². The number of carbonyl (C=O) groups excluding carboxylic acids is 1. The lowest BCUT2D eigenvalue weighted by Crippen LogP contribution is -2.11. The van der Waals surface area contributed by atoms with Gasteiger partial charge in [0.25, 0.3) is 16.0 Å². The van der Waals surface area contributed by atoms with E-state index in [1.807, 2.05) is 0 Å². The summed E-state index contributed by atoms with van der Waals surface area (Å²) in [4.78, 5) is 11.8. The molecule has 0 aliphatic carbocycles. The van der Waals surface area contributed by atoms with Crippen molar-refractivity contribution in [2.75, 3.05) is 22.5 Å². The van der Waals surface area contributed by atoms with Crippen LogP contribution < -0.4 is 22.5 Å². The quantitative estimate of drug-likeness (QED) is 0.123. The Bertz CT molecular complexity index is 1510. The minimum atomic E-state index is -4.26. The molecule has 11 nitrogen and oxygen atoms in total. The molecule has 37 heavy (non-hydrogen) atoms. The van der Waals surface area contributed by atoms with Gasteiger partial charge in [-0.2, -0.15) is 18.6 Å². The maximum absolute atomic E-state index is 12.1. The van der Waals surface area contributed by atoms with E-state index in [9.17, 15) is 18.3 Å². The van der Waals surface area contributed by atoms with Crippen LogP contribution in [0.3, 0.4) is 0 Å². The smallest absolute Gasteiger partial charge is 0.296 e. The fraction of sp³-hybridized carbons (Fsp3) is 0. The molecular formula is C25H24N6O5S. The molecule has 0 fully saturated rings. The number of phenols is 1. The van der Waals surface area contributed by atoms with Crippen molar-refractivity contribution in [3.63, 3.8) is 0 Å². The molecule has 0 atom stereocenters. The number of carbonyl (C=O) groups is 1. The number of nitrogens with zero attached hydrogens (tertiary/aromatic N) is 2. The van der Waals surface area contributed by atoms with Crippen molar-refractivity contribution in [2.45, 2.75) is 4.90 Å². The molecule has 4 rings (SSSR count). The number of phenolic OH excluding ortho intramolecular Hbond substituents is 1. The first-order chi connectivity index (χ1) is 17.5. The van der Waals surface area contributed by atoms with E-state index >= 15 is 0 Å². The topological polar surface area (TPSA) is 206 Å². The molecule has 0 heterocycles. The zero-order valence-electron chi connectivity index (χ0n) is 19.3. The monoisotopic (exact) mass is 520 g/mol.